The Labute approximate surface area is 140 Å². The summed E-state index contributed by atoms with van der Waals surface area (Å²) in [5.41, 5.74) is 1.41. The van der Waals surface area contributed by atoms with Crippen LogP contribution in [-0.2, 0) is 0 Å². The van der Waals surface area contributed by atoms with E-state index in [4.69, 9.17) is 16.3 Å². The molecule has 23 heavy (non-hydrogen) atoms. The molecule has 2 N–H and O–H groups in total. The number of aliphatic hydroxyl groups is 1. The van der Waals surface area contributed by atoms with Crippen LogP contribution in [0.3, 0.4) is 0 Å². The molecule has 0 radical (unpaired) electrons. The van der Waals surface area contributed by atoms with E-state index in [9.17, 15) is 9.90 Å². The molecule has 0 fully saturated rings. The molecule has 0 aliphatic rings. The molecule has 0 saturated heterocycles. The molecule has 0 unspecified atom stereocenters. The summed E-state index contributed by atoms with van der Waals surface area (Å²) in [6, 6.07) is 13.3. The molecule has 0 bridgehead atoms. The first kappa shape index (κ1) is 17.1. The third-order valence-corrected chi connectivity index (χ3v) is 3.77. The summed E-state index contributed by atoms with van der Waals surface area (Å²) >= 11 is 5.91. The van der Waals surface area contributed by atoms with E-state index < -0.39 is 6.04 Å². The Morgan fingerprint density at radius 1 is 1.30 bits per heavy atom. The molecule has 6 heteroatoms. The maximum absolute atomic E-state index is 12.4. The maximum atomic E-state index is 12.4. The van der Waals surface area contributed by atoms with Gasteiger partial charge in [0.15, 0.2) is 0 Å². The highest BCUT2D eigenvalue weighted by atomic mass is 35.5. The zero-order valence-corrected chi connectivity index (χ0v) is 13.7. The van der Waals surface area contributed by atoms with Gasteiger partial charge in [-0.05, 0) is 35.9 Å². The van der Waals surface area contributed by atoms with Crippen LogP contribution in [0.5, 0.6) is 5.75 Å². The van der Waals surface area contributed by atoms with Gasteiger partial charge in [-0.1, -0.05) is 29.8 Å². The molecule has 2 aromatic rings. The summed E-state index contributed by atoms with van der Waals surface area (Å²) in [5, 5.41) is 13.0. The SMILES string of the molecule is COc1ccc([C@H](CO)N(C)C(=O)Nc2cccc(Cl)c2)cc1. The lowest BCUT2D eigenvalue weighted by Gasteiger charge is -2.27. The van der Waals surface area contributed by atoms with E-state index in [0.29, 0.717) is 10.7 Å². The first-order valence-corrected chi connectivity index (χ1v) is 7.47. The lowest BCUT2D eigenvalue weighted by atomic mass is 10.1. The van der Waals surface area contributed by atoms with Crippen molar-refractivity contribution in [2.75, 3.05) is 26.1 Å². The van der Waals surface area contributed by atoms with Crippen LogP contribution in [0.15, 0.2) is 48.5 Å². The number of aliphatic hydroxyl groups excluding tert-OH is 1. The molecular weight excluding hydrogens is 316 g/mol. The Morgan fingerprint density at radius 2 is 2.00 bits per heavy atom. The van der Waals surface area contributed by atoms with Gasteiger partial charge in [0, 0.05) is 17.8 Å². The molecule has 0 heterocycles. The van der Waals surface area contributed by atoms with E-state index in [1.54, 1.807) is 50.6 Å². The van der Waals surface area contributed by atoms with Crippen LogP contribution in [0.2, 0.25) is 5.02 Å². The fourth-order valence-electron chi connectivity index (χ4n) is 2.20. The molecular formula is C17H19ClN2O3. The monoisotopic (exact) mass is 334 g/mol. The topological polar surface area (TPSA) is 61.8 Å². The third-order valence-electron chi connectivity index (χ3n) is 3.54. The van der Waals surface area contributed by atoms with Crippen LogP contribution >= 0.6 is 11.6 Å². The number of ether oxygens (including phenoxy) is 1. The number of methoxy groups -OCH3 is 1. The molecule has 2 amide bonds. The number of hydrogen-bond acceptors (Lipinski definition) is 3. The first-order chi connectivity index (χ1) is 11.0. The van der Waals surface area contributed by atoms with Crippen LogP contribution in [0.1, 0.15) is 11.6 Å². The van der Waals surface area contributed by atoms with Gasteiger partial charge in [0.1, 0.15) is 5.75 Å². The quantitative estimate of drug-likeness (QED) is 0.879. The zero-order valence-electron chi connectivity index (χ0n) is 13.0. The van der Waals surface area contributed by atoms with Crippen molar-refractivity contribution >= 4 is 23.3 Å². The number of nitrogens with zero attached hydrogens (tertiary/aromatic N) is 1. The summed E-state index contributed by atoms with van der Waals surface area (Å²) in [5.74, 6) is 0.719. The van der Waals surface area contributed by atoms with Crippen LogP contribution in [-0.4, -0.2) is 36.8 Å². The molecule has 0 saturated carbocycles. The maximum Gasteiger partial charge on any atom is 0.322 e. The number of carbonyl (C=O) groups is 1. The van der Waals surface area contributed by atoms with Gasteiger partial charge in [0.05, 0.1) is 19.8 Å². The molecule has 0 aromatic heterocycles. The minimum atomic E-state index is -0.458. The average Bonchev–Trinajstić information content (AvgIpc) is 2.56. The zero-order chi connectivity index (χ0) is 16.8. The minimum absolute atomic E-state index is 0.189. The summed E-state index contributed by atoms with van der Waals surface area (Å²) in [4.78, 5) is 13.8. The van der Waals surface area contributed by atoms with Gasteiger partial charge < -0.3 is 20.1 Å². The van der Waals surface area contributed by atoms with E-state index in [1.807, 2.05) is 12.1 Å². The highest BCUT2D eigenvalue weighted by Gasteiger charge is 2.21. The second-order valence-corrected chi connectivity index (χ2v) is 5.46. The van der Waals surface area contributed by atoms with E-state index in [0.717, 1.165) is 11.3 Å². The number of amides is 2. The number of nitrogens with one attached hydrogen (secondary N) is 1. The average molecular weight is 335 g/mol. The number of rotatable bonds is 5. The number of hydrogen-bond donors (Lipinski definition) is 2. The second-order valence-electron chi connectivity index (χ2n) is 5.02. The fraction of sp³-hybridized carbons (Fsp3) is 0.235. The number of halogens is 1. The number of urea groups is 1. The van der Waals surface area contributed by atoms with E-state index >= 15 is 0 Å². The minimum Gasteiger partial charge on any atom is -0.497 e. The fourth-order valence-corrected chi connectivity index (χ4v) is 2.39. The summed E-state index contributed by atoms with van der Waals surface area (Å²) in [7, 11) is 3.22. The summed E-state index contributed by atoms with van der Waals surface area (Å²) in [6.07, 6.45) is 0. The molecule has 0 aliphatic heterocycles. The molecule has 122 valence electrons. The number of carbonyl (C=O) groups excluding carboxylic acids is 1. The second kappa shape index (κ2) is 7.85. The van der Waals surface area contributed by atoms with Crippen molar-refractivity contribution in [3.05, 3.63) is 59.1 Å². The third kappa shape index (κ3) is 4.37. The molecule has 2 aromatic carbocycles. The Hall–Kier alpha value is -2.24. The van der Waals surface area contributed by atoms with Gasteiger partial charge in [-0.3, -0.25) is 0 Å². The highest BCUT2D eigenvalue weighted by Crippen LogP contribution is 2.23. The van der Waals surface area contributed by atoms with E-state index in [-0.39, 0.29) is 12.6 Å². The number of likely N-dealkylation sites (N-methyl/N-ethyl adjacent to an activating group) is 1. The summed E-state index contributed by atoms with van der Waals surface area (Å²) < 4.78 is 5.11. The van der Waals surface area contributed by atoms with Crippen molar-refractivity contribution in [1.82, 2.24) is 4.90 Å². The van der Waals surface area contributed by atoms with Crippen molar-refractivity contribution in [2.45, 2.75) is 6.04 Å². The van der Waals surface area contributed by atoms with Crippen molar-refractivity contribution in [1.29, 1.82) is 0 Å². The van der Waals surface area contributed by atoms with Crippen molar-refractivity contribution in [3.8, 4) is 5.75 Å². The van der Waals surface area contributed by atoms with Gasteiger partial charge in [-0.15, -0.1) is 0 Å². The highest BCUT2D eigenvalue weighted by molar-refractivity contribution is 6.30. The molecule has 2 rings (SSSR count). The summed E-state index contributed by atoms with van der Waals surface area (Å²) in [6.45, 7) is -0.189. The predicted octanol–water partition coefficient (Wildman–Crippen LogP) is 3.55. The molecule has 1 atom stereocenters. The van der Waals surface area contributed by atoms with Crippen LogP contribution < -0.4 is 10.1 Å². The van der Waals surface area contributed by atoms with Gasteiger partial charge in [-0.2, -0.15) is 0 Å². The van der Waals surface area contributed by atoms with E-state index in [2.05, 4.69) is 5.32 Å². The van der Waals surface area contributed by atoms with Crippen LogP contribution in [0, 0.1) is 0 Å². The molecule has 5 nitrogen and oxygen atoms in total. The van der Waals surface area contributed by atoms with Crippen LogP contribution in [0.25, 0.3) is 0 Å². The molecule has 0 aliphatic carbocycles. The Bertz CT molecular complexity index is 661. The van der Waals surface area contributed by atoms with Crippen molar-refractivity contribution in [3.63, 3.8) is 0 Å². The predicted molar refractivity (Wildman–Crippen MR) is 91.1 cm³/mol. The standard InChI is InChI=1S/C17H19ClN2O3/c1-20(17(22)19-14-5-3-4-13(18)10-14)16(11-21)12-6-8-15(23-2)9-7-12/h3-10,16,21H,11H2,1-2H3,(H,19,22)/t16-/m0/s1. The smallest absolute Gasteiger partial charge is 0.322 e. The van der Waals surface area contributed by atoms with Crippen LogP contribution in [0.4, 0.5) is 10.5 Å². The normalized spacial score (nSPS) is 11.7. The van der Waals surface area contributed by atoms with Crippen molar-refractivity contribution < 1.29 is 14.6 Å². The lowest BCUT2D eigenvalue weighted by Crippen LogP contribution is -2.36. The Kier molecular flexibility index (Phi) is 5.84. The Morgan fingerprint density at radius 3 is 2.57 bits per heavy atom. The van der Waals surface area contributed by atoms with Gasteiger partial charge >= 0.3 is 6.03 Å². The van der Waals surface area contributed by atoms with Gasteiger partial charge in [0.25, 0.3) is 0 Å². The first-order valence-electron chi connectivity index (χ1n) is 7.09. The largest absolute Gasteiger partial charge is 0.497 e. The number of anilines is 1. The molecule has 0 spiro atoms. The number of benzene rings is 2. The van der Waals surface area contributed by atoms with Gasteiger partial charge in [-0.25, -0.2) is 4.79 Å². The van der Waals surface area contributed by atoms with Gasteiger partial charge in [0.2, 0.25) is 0 Å². The lowest BCUT2D eigenvalue weighted by molar-refractivity contribution is 0.159. The van der Waals surface area contributed by atoms with Crippen molar-refractivity contribution in [2.24, 2.45) is 0 Å². The Balaban J connectivity index is 2.11. The van der Waals surface area contributed by atoms with E-state index in [1.165, 1.54) is 4.90 Å².